The first-order valence-corrected chi connectivity index (χ1v) is 7.97. The molecule has 0 saturated carbocycles. The second kappa shape index (κ2) is 5.65. The molecule has 5 heteroatoms. The van der Waals surface area contributed by atoms with E-state index in [2.05, 4.69) is 29.1 Å². The molecule has 0 aliphatic rings. The van der Waals surface area contributed by atoms with Crippen LogP contribution in [0.2, 0.25) is 5.02 Å². The SMILES string of the molecule is Cc1ccc(-c2cc3nc(-c4ccc(Cl)cc4)cc(N)n3n2)cc1. The number of hydrogen-bond donors (Lipinski definition) is 1. The lowest BCUT2D eigenvalue weighted by Crippen LogP contribution is -2.01. The fourth-order valence-corrected chi connectivity index (χ4v) is 2.76. The number of nitrogen functional groups attached to an aromatic ring is 1. The van der Waals surface area contributed by atoms with Gasteiger partial charge in [-0.1, -0.05) is 53.6 Å². The number of benzene rings is 2. The van der Waals surface area contributed by atoms with Crippen LogP contribution in [-0.4, -0.2) is 14.6 Å². The molecule has 4 aromatic rings. The Morgan fingerprint density at radius 3 is 2.21 bits per heavy atom. The molecule has 2 aromatic carbocycles. The molecule has 0 atom stereocenters. The predicted molar refractivity (Wildman–Crippen MR) is 98.0 cm³/mol. The van der Waals surface area contributed by atoms with Crippen LogP contribution in [0.1, 0.15) is 5.56 Å². The minimum Gasteiger partial charge on any atom is -0.384 e. The summed E-state index contributed by atoms with van der Waals surface area (Å²) in [6, 6.07) is 19.5. The summed E-state index contributed by atoms with van der Waals surface area (Å²) < 4.78 is 1.66. The van der Waals surface area contributed by atoms with Crippen molar-refractivity contribution in [3.63, 3.8) is 0 Å². The predicted octanol–water partition coefficient (Wildman–Crippen LogP) is 4.61. The summed E-state index contributed by atoms with van der Waals surface area (Å²) in [6.07, 6.45) is 0. The van der Waals surface area contributed by atoms with Crippen LogP contribution in [0, 0.1) is 6.92 Å². The number of nitrogens with two attached hydrogens (primary N) is 1. The molecule has 0 amide bonds. The van der Waals surface area contributed by atoms with Crippen molar-refractivity contribution in [3.05, 3.63) is 71.2 Å². The third-order valence-corrected chi connectivity index (χ3v) is 4.19. The topological polar surface area (TPSA) is 56.2 Å². The first kappa shape index (κ1) is 14.7. The van der Waals surface area contributed by atoms with E-state index in [4.69, 9.17) is 17.3 Å². The minimum absolute atomic E-state index is 0.545. The molecule has 4 rings (SSSR count). The number of rotatable bonds is 2. The van der Waals surface area contributed by atoms with E-state index in [9.17, 15) is 0 Å². The van der Waals surface area contributed by atoms with Gasteiger partial charge in [-0.15, -0.1) is 0 Å². The monoisotopic (exact) mass is 334 g/mol. The van der Waals surface area contributed by atoms with Gasteiger partial charge in [0, 0.05) is 28.3 Å². The lowest BCUT2D eigenvalue weighted by Gasteiger charge is -2.04. The average molecular weight is 335 g/mol. The van der Waals surface area contributed by atoms with Crippen LogP contribution in [0.5, 0.6) is 0 Å². The molecular formula is C19H15ClN4. The van der Waals surface area contributed by atoms with E-state index in [1.165, 1.54) is 5.56 Å². The molecule has 24 heavy (non-hydrogen) atoms. The number of hydrogen-bond acceptors (Lipinski definition) is 3. The molecule has 0 unspecified atom stereocenters. The molecule has 2 N–H and O–H groups in total. The average Bonchev–Trinajstić information content (AvgIpc) is 3.01. The molecule has 4 nitrogen and oxygen atoms in total. The highest BCUT2D eigenvalue weighted by Crippen LogP contribution is 2.25. The zero-order valence-corrected chi connectivity index (χ0v) is 13.8. The Morgan fingerprint density at radius 1 is 0.875 bits per heavy atom. The zero-order valence-electron chi connectivity index (χ0n) is 13.1. The van der Waals surface area contributed by atoms with Gasteiger partial charge >= 0.3 is 0 Å². The third-order valence-electron chi connectivity index (χ3n) is 3.94. The maximum atomic E-state index is 6.17. The van der Waals surface area contributed by atoms with Crippen molar-refractivity contribution in [1.82, 2.24) is 14.6 Å². The molecule has 2 aromatic heterocycles. The highest BCUT2D eigenvalue weighted by atomic mass is 35.5. The van der Waals surface area contributed by atoms with E-state index in [0.29, 0.717) is 10.8 Å². The van der Waals surface area contributed by atoms with Crippen LogP contribution in [-0.2, 0) is 0 Å². The molecule has 118 valence electrons. The van der Waals surface area contributed by atoms with Crippen molar-refractivity contribution in [2.24, 2.45) is 0 Å². The first-order chi connectivity index (χ1) is 11.6. The quantitative estimate of drug-likeness (QED) is 0.582. The van der Waals surface area contributed by atoms with Crippen LogP contribution in [0.15, 0.2) is 60.7 Å². The van der Waals surface area contributed by atoms with Crippen molar-refractivity contribution in [3.8, 4) is 22.5 Å². The second-order valence-corrected chi connectivity index (χ2v) is 6.18. The van der Waals surface area contributed by atoms with Gasteiger partial charge in [-0.05, 0) is 19.1 Å². The normalized spacial score (nSPS) is 11.1. The summed E-state index contributed by atoms with van der Waals surface area (Å²) in [5.41, 5.74) is 11.8. The van der Waals surface area contributed by atoms with Crippen molar-refractivity contribution in [2.75, 3.05) is 5.73 Å². The molecule has 2 heterocycles. The largest absolute Gasteiger partial charge is 0.384 e. The summed E-state index contributed by atoms with van der Waals surface area (Å²) in [7, 11) is 0. The summed E-state index contributed by atoms with van der Waals surface area (Å²) in [5, 5.41) is 5.26. The fourth-order valence-electron chi connectivity index (χ4n) is 2.63. The van der Waals surface area contributed by atoms with Crippen molar-refractivity contribution in [2.45, 2.75) is 6.92 Å². The van der Waals surface area contributed by atoms with Crippen LogP contribution < -0.4 is 5.73 Å². The summed E-state index contributed by atoms with van der Waals surface area (Å²) in [6.45, 7) is 2.06. The molecular weight excluding hydrogens is 320 g/mol. The standard InChI is InChI=1S/C19H15ClN4/c1-12-2-4-14(5-3-12)17-11-19-22-16(10-18(21)24(19)23-17)13-6-8-15(20)9-7-13/h2-11H,21H2,1H3. The highest BCUT2D eigenvalue weighted by molar-refractivity contribution is 6.30. The zero-order chi connectivity index (χ0) is 16.7. The van der Waals surface area contributed by atoms with E-state index in [-0.39, 0.29) is 0 Å². The molecule has 0 saturated heterocycles. The molecule has 0 bridgehead atoms. The maximum absolute atomic E-state index is 6.17. The summed E-state index contributed by atoms with van der Waals surface area (Å²) >= 11 is 5.95. The highest BCUT2D eigenvalue weighted by Gasteiger charge is 2.10. The van der Waals surface area contributed by atoms with Gasteiger partial charge in [0.15, 0.2) is 5.65 Å². The van der Waals surface area contributed by atoms with Gasteiger partial charge in [-0.25, -0.2) is 4.98 Å². The Kier molecular flexibility index (Phi) is 3.47. The summed E-state index contributed by atoms with van der Waals surface area (Å²) in [4.78, 5) is 4.68. The van der Waals surface area contributed by atoms with Crippen LogP contribution >= 0.6 is 11.6 Å². The number of nitrogens with zero attached hydrogens (tertiary/aromatic N) is 3. The lowest BCUT2D eigenvalue weighted by molar-refractivity contribution is 0.957. The minimum atomic E-state index is 0.545. The lowest BCUT2D eigenvalue weighted by atomic mass is 10.1. The van der Waals surface area contributed by atoms with E-state index >= 15 is 0 Å². The molecule has 0 aliphatic heterocycles. The molecule has 0 spiro atoms. The maximum Gasteiger partial charge on any atom is 0.158 e. The smallest absolute Gasteiger partial charge is 0.158 e. The Hall–Kier alpha value is -2.85. The van der Waals surface area contributed by atoms with Gasteiger partial charge in [0.1, 0.15) is 5.82 Å². The van der Waals surface area contributed by atoms with Gasteiger partial charge < -0.3 is 5.73 Å². The molecule has 0 fully saturated rings. The Balaban J connectivity index is 1.83. The van der Waals surface area contributed by atoms with E-state index in [1.54, 1.807) is 4.52 Å². The van der Waals surface area contributed by atoms with Crippen molar-refractivity contribution >= 4 is 23.1 Å². The summed E-state index contributed by atoms with van der Waals surface area (Å²) in [5.74, 6) is 0.545. The first-order valence-electron chi connectivity index (χ1n) is 7.59. The van der Waals surface area contributed by atoms with Gasteiger partial charge in [-0.2, -0.15) is 9.61 Å². The number of fused-ring (bicyclic) bond motifs is 1. The Labute approximate surface area is 144 Å². The van der Waals surface area contributed by atoms with Gasteiger partial charge in [0.25, 0.3) is 0 Å². The number of aryl methyl sites for hydroxylation is 1. The molecule has 0 aliphatic carbocycles. The van der Waals surface area contributed by atoms with Gasteiger partial charge in [0.2, 0.25) is 0 Å². The van der Waals surface area contributed by atoms with E-state index in [1.807, 2.05) is 48.5 Å². The van der Waals surface area contributed by atoms with Gasteiger partial charge in [0.05, 0.1) is 11.4 Å². The second-order valence-electron chi connectivity index (χ2n) is 5.74. The molecule has 0 radical (unpaired) electrons. The van der Waals surface area contributed by atoms with E-state index < -0.39 is 0 Å². The van der Waals surface area contributed by atoms with Crippen molar-refractivity contribution in [1.29, 1.82) is 0 Å². The fraction of sp³-hybridized carbons (Fsp3) is 0.0526. The van der Waals surface area contributed by atoms with Crippen LogP contribution in [0.4, 0.5) is 5.82 Å². The number of halogens is 1. The van der Waals surface area contributed by atoms with E-state index in [0.717, 1.165) is 28.2 Å². The third kappa shape index (κ3) is 2.61. The van der Waals surface area contributed by atoms with Crippen LogP contribution in [0.3, 0.4) is 0 Å². The number of anilines is 1. The Morgan fingerprint density at radius 2 is 1.50 bits per heavy atom. The Bertz CT molecular complexity index is 1020. The number of aromatic nitrogens is 3. The van der Waals surface area contributed by atoms with Crippen molar-refractivity contribution < 1.29 is 0 Å². The van der Waals surface area contributed by atoms with Gasteiger partial charge in [-0.3, -0.25) is 0 Å². The van der Waals surface area contributed by atoms with Crippen LogP contribution in [0.25, 0.3) is 28.2 Å².